The first-order valence-corrected chi connectivity index (χ1v) is 6.63. The van der Waals surface area contributed by atoms with Crippen LogP contribution in [0.3, 0.4) is 0 Å². The van der Waals surface area contributed by atoms with Crippen molar-refractivity contribution >= 4 is 0 Å². The Hall–Kier alpha value is -0.620. The molecule has 98 valence electrons. The van der Waals surface area contributed by atoms with E-state index in [1.165, 1.54) is 0 Å². The molecule has 1 aliphatic rings. The Morgan fingerprint density at radius 2 is 2.06 bits per heavy atom. The highest BCUT2D eigenvalue weighted by Crippen LogP contribution is 2.38. The molecule has 1 N–H and O–H groups in total. The van der Waals surface area contributed by atoms with Crippen molar-refractivity contribution in [2.75, 3.05) is 6.54 Å². The van der Waals surface area contributed by atoms with E-state index in [9.17, 15) is 8.78 Å². The van der Waals surface area contributed by atoms with Gasteiger partial charge in [0.2, 0.25) is 5.92 Å². The molecule has 0 aromatic rings. The van der Waals surface area contributed by atoms with E-state index in [1.54, 1.807) is 0 Å². The summed E-state index contributed by atoms with van der Waals surface area (Å²) in [5, 5.41) is 3.43. The Balaban J connectivity index is 2.39. The summed E-state index contributed by atoms with van der Waals surface area (Å²) in [5.41, 5.74) is 0. The molecule has 0 spiro atoms. The Morgan fingerprint density at radius 1 is 1.41 bits per heavy atom. The second-order valence-corrected chi connectivity index (χ2v) is 4.95. The fraction of sp³-hybridized carbons (Fsp3) is 0.857. The summed E-state index contributed by atoms with van der Waals surface area (Å²) in [6.45, 7) is 2.96. The van der Waals surface area contributed by atoms with E-state index in [2.05, 4.69) is 18.2 Å². The highest BCUT2D eigenvalue weighted by molar-refractivity contribution is 4.87. The molecule has 1 unspecified atom stereocenters. The fourth-order valence-electron chi connectivity index (χ4n) is 2.66. The fourth-order valence-corrected chi connectivity index (χ4v) is 2.66. The minimum Gasteiger partial charge on any atom is -0.314 e. The summed E-state index contributed by atoms with van der Waals surface area (Å²) >= 11 is 0. The first-order valence-electron chi connectivity index (χ1n) is 6.63. The number of alkyl halides is 2. The standard InChI is InChI=1S/C14H23F2N/c1-3-5-6-7-13(17-4-2)12-8-10-14(15,16)11-9-12/h1,12-13,17H,4-11H2,2H3. The molecule has 0 bridgehead atoms. The van der Waals surface area contributed by atoms with Gasteiger partial charge in [-0.05, 0) is 38.1 Å². The van der Waals surface area contributed by atoms with Gasteiger partial charge >= 0.3 is 0 Å². The van der Waals surface area contributed by atoms with E-state index < -0.39 is 5.92 Å². The number of unbranched alkanes of at least 4 members (excludes halogenated alkanes) is 1. The highest BCUT2D eigenvalue weighted by Gasteiger charge is 2.37. The second kappa shape index (κ2) is 6.96. The summed E-state index contributed by atoms with van der Waals surface area (Å²) in [4.78, 5) is 0. The molecule has 0 radical (unpaired) electrons. The molecule has 1 rings (SSSR count). The lowest BCUT2D eigenvalue weighted by atomic mass is 9.80. The largest absolute Gasteiger partial charge is 0.314 e. The van der Waals surface area contributed by atoms with Crippen molar-refractivity contribution in [2.45, 2.75) is 63.8 Å². The maximum Gasteiger partial charge on any atom is 0.248 e. The summed E-state index contributed by atoms with van der Waals surface area (Å²) in [6.07, 6.45) is 9.39. The number of nitrogens with one attached hydrogen (secondary N) is 1. The highest BCUT2D eigenvalue weighted by atomic mass is 19.3. The Bertz CT molecular complexity index is 247. The predicted octanol–water partition coefficient (Wildman–Crippen LogP) is 3.59. The molecule has 0 aromatic heterocycles. The number of hydrogen-bond acceptors (Lipinski definition) is 1. The van der Waals surface area contributed by atoms with Crippen molar-refractivity contribution < 1.29 is 8.78 Å². The first kappa shape index (κ1) is 14.4. The third kappa shape index (κ3) is 5.04. The second-order valence-electron chi connectivity index (χ2n) is 4.95. The Kier molecular flexibility index (Phi) is 5.91. The number of hydrogen-bond donors (Lipinski definition) is 1. The number of halogens is 2. The molecular weight excluding hydrogens is 220 g/mol. The molecule has 1 fully saturated rings. The molecule has 0 saturated heterocycles. The van der Waals surface area contributed by atoms with Crippen LogP contribution in [0.4, 0.5) is 8.78 Å². The smallest absolute Gasteiger partial charge is 0.248 e. The number of rotatable bonds is 6. The van der Waals surface area contributed by atoms with Gasteiger partial charge in [0.1, 0.15) is 0 Å². The van der Waals surface area contributed by atoms with Crippen LogP contribution in [-0.4, -0.2) is 18.5 Å². The van der Waals surface area contributed by atoms with Crippen LogP contribution in [0.2, 0.25) is 0 Å². The summed E-state index contributed by atoms with van der Waals surface area (Å²) in [5.74, 6) is 0.605. The maximum absolute atomic E-state index is 13.1. The molecule has 1 aliphatic carbocycles. The lowest BCUT2D eigenvalue weighted by Crippen LogP contribution is -2.39. The van der Waals surface area contributed by atoms with Crippen LogP contribution in [-0.2, 0) is 0 Å². The van der Waals surface area contributed by atoms with Gasteiger partial charge in [-0.3, -0.25) is 0 Å². The average molecular weight is 243 g/mol. The Labute approximate surface area is 103 Å². The first-order chi connectivity index (χ1) is 8.09. The van der Waals surface area contributed by atoms with Gasteiger partial charge in [0.05, 0.1) is 0 Å². The molecule has 17 heavy (non-hydrogen) atoms. The lowest BCUT2D eigenvalue weighted by Gasteiger charge is -2.34. The molecule has 1 saturated carbocycles. The summed E-state index contributed by atoms with van der Waals surface area (Å²) in [6, 6.07) is 0.365. The summed E-state index contributed by atoms with van der Waals surface area (Å²) < 4.78 is 26.2. The van der Waals surface area contributed by atoms with Gasteiger partial charge in [0, 0.05) is 25.3 Å². The van der Waals surface area contributed by atoms with Crippen LogP contribution in [0, 0.1) is 18.3 Å². The van der Waals surface area contributed by atoms with E-state index >= 15 is 0 Å². The van der Waals surface area contributed by atoms with Gasteiger partial charge in [0.15, 0.2) is 0 Å². The van der Waals surface area contributed by atoms with Crippen LogP contribution in [0.5, 0.6) is 0 Å². The van der Waals surface area contributed by atoms with E-state index in [1.807, 2.05) is 0 Å². The van der Waals surface area contributed by atoms with Gasteiger partial charge in [-0.25, -0.2) is 8.78 Å². The van der Waals surface area contributed by atoms with Gasteiger partial charge in [-0.2, -0.15) is 0 Å². The third-order valence-corrected chi connectivity index (χ3v) is 3.63. The predicted molar refractivity (Wildman–Crippen MR) is 67.1 cm³/mol. The third-order valence-electron chi connectivity index (χ3n) is 3.63. The monoisotopic (exact) mass is 243 g/mol. The zero-order valence-electron chi connectivity index (χ0n) is 10.6. The van der Waals surface area contributed by atoms with Gasteiger partial charge in [0.25, 0.3) is 0 Å². The molecule has 0 heterocycles. The van der Waals surface area contributed by atoms with E-state index in [-0.39, 0.29) is 12.8 Å². The zero-order chi connectivity index (χ0) is 12.7. The van der Waals surface area contributed by atoms with Crippen LogP contribution < -0.4 is 5.32 Å². The van der Waals surface area contributed by atoms with E-state index in [0.29, 0.717) is 24.8 Å². The molecule has 1 nitrogen and oxygen atoms in total. The van der Waals surface area contributed by atoms with Crippen LogP contribution in [0.15, 0.2) is 0 Å². The van der Waals surface area contributed by atoms with Crippen LogP contribution >= 0.6 is 0 Å². The number of terminal acetylenes is 1. The molecular formula is C14H23F2N. The minimum atomic E-state index is -2.42. The Morgan fingerprint density at radius 3 is 2.59 bits per heavy atom. The van der Waals surface area contributed by atoms with Crippen molar-refractivity contribution in [3.8, 4) is 12.3 Å². The van der Waals surface area contributed by atoms with Crippen molar-refractivity contribution in [1.82, 2.24) is 5.32 Å². The minimum absolute atomic E-state index is 0.0503. The molecule has 0 aromatic carbocycles. The van der Waals surface area contributed by atoms with Crippen molar-refractivity contribution in [3.63, 3.8) is 0 Å². The van der Waals surface area contributed by atoms with Crippen molar-refractivity contribution in [2.24, 2.45) is 5.92 Å². The molecule has 0 aliphatic heterocycles. The van der Waals surface area contributed by atoms with Gasteiger partial charge < -0.3 is 5.32 Å². The van der Waals surface area contributed by atoms with E-state index in [4.69, 9.17) is 6.42 Å². The maximum atomic E-state index is 13.1. The normalized spacial score (nSPS) is 22.0. The van der Waals surface area contributed by atoms with Gasteiger partial charge in [-0.1, -0.05) is 6.92 Å². The lowest BCUT2D eigenvalue weighted by molar-refractivity contribution is -0.0498. The van der Waals surface area contributed by atoms with Crippen molar-refractivity contribution in [1.29, 1.82) is 0 Å². The van der Waals surface area contributed by atoms with Crippen LogP contribution in [0.25, 0.3) is 0 Å². The average Bonchev–Trinajstić information content (AvgIpc) is 2.28. The quantitative estimate of drug-likeness (QED) is 0.555. The van der Waals surface area contributed by atoms with Gasteiger partial charge in [-0.15, -0.1) is 12.3 Å². The molecule has 1 atom stereocenters. The topological polar surface area (TPSA) is 12.0 Å². The van der Waals surface area contributed by atoms with E-state index in [0.717, 1.165) is 25.8 Å². The molecule has 0 amide bonds. The van der Waals surface area contributed by atoms with Crippen molar-refractivity contribution in [3.05, 3.63) is 0 Å². The summed E-state index contributed by atoms with van der Waals surface area (Å²) in [7, 11) is 0. The zero-order valence-corrected chi connectivity index (χ0v) is 10.6. The van der Waals surface area contributed by atoms with Crippen LogP contribution in [0.1, 0.15) is 51.9 Å². The SMILES string of the molecule is C#CCCCC(NCC)C1CCC(F)(F)CC1. The molecule has 3 heteroatoms.